The summed E-state index contributed by atoms with van der Waals surface area (Å²) in [6, 6.07) is 11.9. The Morgan fingerprint density at radius 1 is 1.05 bits per heavy atom. The van der Waals surface area contributed by atoms with E-state index in [0.717, 1.165) is 41.5 Å². The Kier molecular flexibility index (Phi) is 3.04. The number of halogens is 1. The van der Waals surface area contributed by atoms with Gasteiger partial charge in [-0.05, 0) is 18.9 Å². The molecule has 0 spiro atoms. The molecule has 5 heteroatoms. The molecule has 4 rings (SSSR count). The molecule has 3 heterocycles. The molecule has 3 aromatic rings. The van der Waals surface area contributed by atoms with E-state index in [9.17, 15) is 0 Å². The van der Waals surface area contributed by atoms with Gasteiger partial charge in [-0.1, -0.05) is 41.9 Å². The topological polar surface area (TPSA) is 44.8 Å². The molecule has 0 bridgehead atoms. The second-order valence-electron chi connectivity index (χ2n) is 5.31. The van der Waals surface area contributed by atoms with Crippen LogP contribution in [0.4, 0.5) is 5.95 Å². The minimum atomic E-state index is 0.644. The lowest BCUT2D eigenvalue weighted by Gasteiger charge is -2.12. The van der Waals surface area contributed by atoms with Gasteiger partial charge in [0.05, 0.1) is 16.2 Å². The molecule has 2 aromatic heterocycles. The highest BCUT2D eigenvalue weighted by Crippen LogP contribution is 2.29. The summed E-state index contributed by atoms with van der Waals surface area (Å²) in [6.45, 7) is 2.11. The lowest BCUT2D eigenvalue weighted by molar-refractivity contribution is 0.921. The highest BCUT2D eigenvalue weighted by Gasteiger charge is 2.17. The van der Waals surface area contributed by atoms with Crippen LogP contribution in [0.15, 0.2) is 36.4 Å². The summed E-state index contributed by atoms with van der Waals surface area (Å²) in [5.41, 5.74) is 3.40. The van der Waals surface area contributed by atoms with Crippen molar-refractivity contribution in [2.45, 2.75) is 12.8 Å². The van der Waals surface area contributed by atoms with Crippen LogP contribution >= 0.6 is 11.6 Å². The molecule has 1 aliphatic rings. The first-order chi connectivity index (χ1) is 10.3. The van der Waals surface area contributed by atoms with Gasteiger partial charge in [0.1, 0.15) is 0 Å². The summed E-state index contributed by atoms with van der Waals surface area (Å²) in [5, 5.41) is 0.644. The van der Waals surface area contributed by atoms with Crippen molar-refractivity contribution in [2.75, 3.05) is 18.0 Å². The van der Waals surface area contributed by atoms with Crippen molar-refractivity contribution in [3.05, 3.63) is 41.4 Å². The summed E-state index contributed by atoms with van der Waals surface area (Å²) in [6.07, 6.45) is 2.45. The van der Waals surface area contributed by atoms with Crippen molar-refractivity contribution in [3.8, 4) is 11.3 Å². The first kappa shape index (κ1) is 12.7. The van der Waals surface area contributed by atoms with E-state index in [1.807, 2.05) is 36.4 Å². The van der Waals surface area contributed by atoms with E-state index < -0.39 is 0 Å². The van der Waals surface area contributed by atoms with E-state index in [2.05, 4.69) is 19.9 Å². The van der Waals surface area contributed by atoms with E-state index in [4.69, 9.17) is 11.6 Å². The van der Waals surface area contributed by atoms with Crippen molar-refractivity contribution < 1.29 is 0 Å². The molecule has 1 saturated heterocycles. The van der Waals surface area contributed by atoms with Crippen molar-refractivity contribution in [3.63, 3.8) is 0 Å². The Morgan fingerprint density at radius 3 is 2.57 bits per heavy atom. The first-order valence-corrected chi connectivity index (χ1v) is 7.56. The zero-order valence-electron chi connectivity index (χ0n) is 11.5. The SMILES string of the molecule is Clc1cc2[nH]c(N3CCCC3)nc2nc1-c1ccccc1. The van der Waals surface area contributed by atoms with Crippen LogP contribution in [0.3, 0.4) is 0 Å². The van der Waals surface area contributed by atoms with Crippen molar-refractivity contribution in [1.29, 1.82) is 0 Å². The van der Waals surface area contributed by atoms with Crippen LogP contribution in [0, 0.1) is 0 Å². The molecule has 0 aliphatic carbocycles. The lowest BCUT2D eigenvalue weighted by atomic mass is 10.1. The Balaban J connectivity index is 1.81. The molecule has 0 saturated carbocycles. The van der Waals surface area contributed by atoms with Crippen LogP contribution in [0.25, 0.3) is 22.4 Å². The number of pyridine rings is 1. The number of nitrogens with one attached hydrogen (secondary N) is 1. The second kappa shape index (κ2) is 5.04. The standard InChI is InChI=1S/C16H15ClN4/c17-12-10-13-15(19-14(12)11-6-2-1-3-7-11)20-16(18-13)21-8-4-5-9-21/h1-3,6-7,10H,4-5,8-9H2,(H,18,19,20). The van der Waals surface area contributed by atoms with E-state index in [1.165, 1.54) is 12.8 Å². The van der Waals surface area contributed by atoms with Gasteiger partial charge in [-0.25, -0.2) is 4.98 Å². The van der Waals surface area contributed by atoms with Gasteiger partial charge in [0.15, 0.2) is 5.65 Å². The largest absolute Gasteiger partial charge is 0.342 e. The van der Waals surface area contributed by atoms with E-state index in [-0.39, 0.29) is 0 Å². The third kappa shape index (κ3) is 2.25. The third-order valence-electron chi connectivity index (χ3n) is 3.87. The Bertz CT molecular complexity index is 776. The highest BCUT2D eigenvalue weighted by molar-refractivity contribution is 6.33. The van der Waals surface area contributed by atoms with Crippen LogP contribution in [0.1, 0.15) is 12.8 Å². The molecule has 21 heavy (non-hydrogen) atoms. The van der Waals surface area contributed by atoms with Crippen molar-refractivity contribution in [2.24, 2.45) is 0 Å². The fourth-order valence-corrected chi connectivity index (χ4v) is 3.04. The Labute approximate surface area is 127 Å². The van der Waals surface area contributed by atoms with E-state index in [0.29, 0.717) is 5.02 Å². The molecule has 1 fully saturated rings. The number of imidazole rings is 1. The van der Waals surface area contributed by atoms with Crippen molar-refractivity contribution in [1.82, 2.24) is 15.0 Å². The number of hydrogen-bond acceptors (Lipinski definition) is 3. The maximum absolute atomic E-state index is 6.38. The summed E-state index contributed by atoms with van der Waals surface area (Å²) < 4.78 is 0. The summed E-state index contributed by atoms with van der Waals surface area (Å²) in [5.74, 6) is 0.899. The minimum absolute atomic E-state index is 0.644. The van der Waals surface area contributed by atoms with Gasteiger partial charge in [0, 0.05) is 18.7 Å². The lowest BCUT2D eigenvalue weighted by Crippen LogP contribution is -2.18. The number of anilines is 1. The first-order valence-electron chi connectivity index (χ1n) is 7.18. The van der Waals surface area contributed by atoms with Gasteiger partial charge in [-0.3, -0.25) is 0 Å². The molecule has 4 nitrogen and oxygen atoms in total. The molecule has 0 unspecified atom stereocenters. The number of aromatic nitrogens is 3. The quantitative estimate of drug-likeness (QED) is 0.781. The van der Waals surface area contributed by atoms with Crippen LogP contribution < -0.4 is 4.90 Å². The molecule has 0 amide bonds. The minimum Gasteiger partial charge on any atom is -0.342 e. The molecule has 1 aromatic carbocycles. The number of nitrogens with zero attached hydrogens (tertiary/aromatic N) is 3. The summed E-state index contributed by atoms with van der Waals surface area (Å²) >= 11 is 6.38. The number of rotatable bonds is 2. The van der Waals surface area contributed by atoms with Crippen LogP contribution in [0.5, 0.6) is 0 Å². The Hall–Kier alpha value is -2.07. The fraction of sp³-hybridized carbons (Fsp3) is 0.250. The van der Waals surface area contributed by atoms with Crippen molar-refractivity contribution >= 4 is 28.7 Å². The smallest absolute Gasteiger partial charge is 0.205 e. The van der Waals surface area contributed by atoms with E-state index >= 15 is 0 Å². The predicted octanol–water partition coefficient (Wildman–Crippen LogP) is 3.88. The molecule has 1 N–H and O–H groups in total. The van der Waals surface area contributed by atoms with Gasteiger partial charge in [-0.2, -0.15) is 4.98 Å². The number of fused-ring (bicyclic) bond motifs is 1. The monoisotopic (exact) mass is 298 g/mol. The Morgan fingerprint density at radius 2 is 1.81 bits per heavy atom. The summed E-state index contributed by atoms with van der Waals surface area (Å²) in [7, 11) is 0. The zero-order chi connectivity index (χ0) is 14.2. The maximum Gasteiger partial charge on any atom is 0.205 e. The normalized spacial score (nSPS) is 15.0. The van der Waals surface area contributed by atoms with Gasteiger partial charge in [-0.15, -0.1) is 0 Å². The van der Waals surface area contributed by atoms with E-state index in [1.54, 1.807) is 0 Å². The zero-order valence-corrected chi connectivity index (χ0v) is 12.3. The average molecular weight is 299 g/mol. The molecule has 1 aliphatic heterocycles. The number of hydrogen-bond donors (Lipinski definition) is 1. The predicted molar refractivity (Wildman–Crippen MR) is 85.8 cm³/mol. The fourth-order valence-electron chi connectivity index (χ4n) is 2.78. The maximum atomic E-state index is 6.38. The third-order valence-corrected chi connectivity index (χ3v) is 4.16. The van der Waals surface area contributed by atoms with Gasteiger partial charge in [0.2, 0.25) is 5.95 Å². The molecule has 0 atom stereocenters. The van der Waals surface area contributed by atoms with Gasteiger partial charge < -0.3 is 9.88 Å². The number of aromatic amines is 1. The molecule has 0 radical (unpaired) electrons. The van der Waals surface area contributed by atoms with Gasteiger partial charge in [0.25, 0.3) is 0 Å². The number of benzene rings is 1. The molecular weight excluding hydrogens is 284 g/mol. The second-order valence-corrected chi connectivity index (χ2v) is 5.72. The van der Waals surface area contributed by atoms with Crippen LogP contribution in [-0.2, 0) is 0 Å². The van der Waals surface area contributed by atoms with Gasteiger partial charge >= 0.3 is 0 Å². The average Bonchev–Trinajstić information content (AvgIpc) is 3.16. The number of H-pyrrole nitrogens is 1. The van der Waals surface area contributed by atoms with Crippen LogP contribution in [0.2, 0.25) is 5.02 Å². The van der Waals surface area contributed by atoms with Crippen LogP contribution in [-0.4, -0.2) is 28.0 Å². The molecule has 106 valence electrons. The molecular formula is C16H15ClN4. The summed E-state index contributed by atoms with van der Waals surface area (Å²) in [4.78, 5) is 14.8. The highest BCUT2D eigenvalue weighted by atomic mass is 35.5.